The third-order valence-electron chi connectivity index (χ3n) is 4.67. The van der Waals surface area contributed by atoms with Gasteiger partial charge in [0.15, 0.2) is 0 Å². The summed E-state index contributed by atoms with van der Waals surface area (Å²) < 4.78 is 0. The van der Waals surface area contributed by atoms with Gasteiger partial charge in [0.2, 0.25) is 5.91 Å². The first-order valence-corrected chi connectivity index (χ1v) is 8.63. The van der Waals surface area contributed by atoms with Crippen LogP contribution in [0.1, 0.15) is 37.0 Å². The average molecular weight is 324 g/mol. The van der Waals surface area contributed by atoms with E-state index in [2.05, 4.69) is 5.32 Å². The van der Waals surface area contributed by atoms with Crippen molar-refractivity contribution in [3.05, 3.63) is 48.0 Å². The number of rotatable bonds is 3. The summed E-state index contributed by atoms with van der Waals surface area (Å²) in [6.07, 6.45) is 1.63. The van der Waals surface area contributed by atoms with Crippen molar-refractivity contribution in [1.29, 1.82) is 0 Å². The second-order valence-corrected chi connectivity index (χ2v) is 6.75. The fourth-order valence-electron chi connectivity index (χ4n) is 3.30. The zero-order chi connectivity index (χ0) is 17.1. The predicted molar refractivity (Wildman–Crippen MR) is 95.9 cm³/mol. The van der Waals surface area contributed by atoms with Crippen LogP contribution >= 0.6 is 0 Å². The molecule has 1 fully saturated rings. The Morgan fingerprint density at radius 2 is 1.71 bits per heavy atom. The third-order valence-corrected chi connectivity index (χ3v) is 4.67. The molecule has 2 aromatic rings. The van der Waals surface area contributed by atoms with Crippen molar-refractivity contribution in [2.24, 2.45) is 5.92 Å². The molecule has 0 aliphatic carbocycles. The Balaban J connectivity index is 1.65. The van der Waals surface area contributed by atoms with Gasteiger partial charge in [0.1, 0.15) is 0 Å². The van der Waals surface area contributed by atoms with Crippen LogP contribution in [-0.2, 0) is 4.79 Å². The van der Waals surface area contributed by atoms with Crippen molar-refractivity contribution in [2.75, 3.05) is 13.1 Å². The van der Waals surface area contributed by atoms with E-state index < -0.39 is 0 Å². The normalized spacial score (nSPS) is 15.7. The monoisotopic (exact) mass is 324 g/mol. The molecule has 1 heterocycles. The van der Waals surface area contributed by atoms with Crippen molar-refractivity contribution in [3.8, 4) is 0 Å². The molecule has 1 aliphatic rings. The number of nitrogens with zero attached hydrogens (tertiary/aromatic N) is 1. The van der Waals surface area contributed by atoms with Gasteiger partial charge in [-0.3, -0.25) is 9.59 Å². The zero-order valence-electron chi connectivity index (χ0n) is 14.3. The lowest BCUT2D eigenvalue weighted by Gasteiger charge is -2.33. The summed E-state index contributed by atoms with van der Waals surface area (Å²) >= 11 is 0. The summed E-state index contributed by atoms with van der Waals surface area (Å²) in [7, 11) is 0. The van der Waals surface area contributed by atoms with Crippen LogP contribution in [0, 0.1) is 5.92 Å². The van der Waals surface area contributed by atoms with Crippen LogP contribution in [-0.4, -0.2) is 35.8 Å². The molecule has 0 bridgehead atoms. The Morgan fingerprint density at radius 1 is 1.04 bits per heavy atom. The minimum atomic E-state index is -0.0274. The van der Waals surface area contributed by atoms with E-state index in [1.165, 1.54) is 0 Å². The van der Waals surface area contributed by atoms with Crippen molar-refractivity contribution in [3.63, 3.8) is 0 Å². The fraction of sp³-hybridized carbons (Fsp3) is 0.400. The minimum Gasteiger partial charge on any atom is -0.349 e. The van der Waals surface area contributed by atoms with E-state index in [-0.39, 0.29) is 23.8 Å². The third kappa shape index (κ3) is 3.42. The van der Waals surface area contributed by atoms with Gasteiger partial charge in [-0.15, -0.1) is 0 Å². The lowest BCUT2D eigenvalue weighted by Crippen LogP contribution is -2.47. The number of carbonyl (C=O) groups is 2. The van der Waals surface area contributed by atoms with Crippen LogP contribution in [0.4, 0.5) is 0 Å². The number of likely N-dealkylation sites (tertiary alicyclic amines) is 1. The standard InChI is InChI=1S/C20H24N2O2/c1-14(2)20(24)22-12-10-16(11-13-22)21-19(23)18-9-5-7-15-6-3-4-8-17(15)18/h3-9,14,16H,10-13H2,1-2H3,(H,21,23). The first kappa shape index (κ1) is 16.5. The fourth-order valence-corrected chi connectivity index (χ4v) is 3.30. The molecule has 2 aromatic carbocycles. The molecule has 1 aliphatic heterocycles. The van der Waals surface area contributed by atoms with Gasteiger partial charge in [0, 0.05) is 30.6 Å². The van der Waals surface area contributed by atoms with Crippen molar-refractivity contribution in [1.82, 2.24) is 10.2 Å². The largest absolute Gasteiger partial charge is 0.349 e. The van der Waals surface area contributed by atoms with Gasteiger partial charge in [-0.1, -0.05) is 50.2 Å². The van der Waals surface area contributed by atoms with Crippen LogP contribution in [0.5, 0.6) is 0 Å². The first-order valence-electron chi connectivity index (χ1n) is 8.63. The number of benzene rings is 2. The van der Waals surface area contributed by atoms with Crippen LogP contribution in [0.25, 0.3) is 10.8 Å². The highest BCUT2D eigenvalue weighted by molar-refractivity contribution is 6.07. The maximum absolute atomic E-state index is 12.7. The van der Waals surface area contributed by atoms with E-state index in [0.717, 1.165) is 36.7 Å². The molecule has 126 valence electrons. The van der Waals surface area contributed by atoms with Crippen molar-refractivity contribution in [2.45, 2.75) is 32.7 Å². The number of fused-ring (bicyclic) bond motifs is 1. The highest BCUT2D eigenvalue weighted by atomic mass is 16.2. The van der Waals surface area contributed by atoms with Crippen LogP contribution in [0.15, 0.2) is 42.5 Å². The van der Waals surface area contributed by atoms with Crippen LogP contribution in [0.3, 0.4) is 0 Å². The highest BCUT2D eigenvalue weighted by Gasteiger charge is 2.25. The summed E-state index contributed by atoms with van der Waals surface area (Å²) in [5.74, 6) is 0.209. The molecule has 0 atom stereocenters. The van der Waals surface area contributed by atoms with E-state index >= 15 is 0 Å². The van der Waals surface area contributed by atoms with Gasteiger partial charge in [-0.2, -0.15) is 0 Å². The topological polar surface area (TPSA) is 49.4 Å². The molecule has 24 heavy (non-hydrogen) atoms. The molecular weight excluding hydrogens is 300 g/mol. The predicted octanol–water partition coefficient (Wildman–Crippen LogP) is 3.22. The maximum atomic E-state index is 12.7. The molecule has 1 saturated heterocycles. The van der Waals surface area contributed by atoms with Gasteiger partial charge in [0.25, 0.3) is 5.91 Å². The molecule has 0 radical (unpaired) electrons. The van der Waals surface area contributed by atoms with Gasteiger partial charge < -0.3 is 10.2 Å². The van der Waals surface area contributed by atoms with Gasteiger partial charge in [-0.05, 0) is 29.7 Å². The van der Waals surface area contributed by atoms with E-state index in [4.69, 9.17) is 0 Å². The maximum Gasteiger partial charge on any atom is 0.252 e. The number of amides is 2. The lowest BCUT2D eigenvalue weighted by atomic mass is 10.0. The summed E-state index contributed by atoms with van der Waals surface area (Å²) in [5.41, 5.74) is 0.716. The van der Waals surface area contributed by atoms with Gasteiger partial charge >= 0.3 is 0 Å². The minimum absolute atomic E-state index is 0.0274. The summed E-state index contributed by atoms with van der Waals surface area (Å²) in [6, 6.07) is 13.9. The quantitative estimate of drug-likeness (QED) is 0.942. The molecule has 4 nitrogen and oxygen atoms in total. The Bertz CT molecular complexity index is 741. The Morgan fingerprint density at radius 3 is 2.42 bits per heavy atom. The number of hydrogen-bond acceptors (Lipinski definition) is 2. The number of carbonyl (C=O) groups excluding carboxylic acids is 2. The van der Waals surface area contributed by atoms with E-state index in [1.807, 2.05) is 61.2 Å². The second-order valence-electron chi connectivity index (χ2n) is 6.75. The summed E-state index contributed by atoms with van der Waals surface area (Å²) in [5, 5.41) is 5.19. The molecule has 4 heteroatoms. The summed E-state index contributed by atoms with van der Waals surface area (Å²) in [4.78, 5) is 26.6. The molecule has 0 spiro atoms. The Hall–Kier alpha value is -2.36. The zero-order valence-corrected chi connectivity index (χ0v) is 14.3. The molecule has 3 rings (SSSR count). The molecule has 0 saturated carbocycles. The Kier molecular flexibility index (Phi) is 4.84. The van der Waals surface area contributed by atoms with Gasteiger partial charge in [-0.25, -0.2) is 0 Å². The smallest absolute Gasteiger partial charge is 0.252 e. The van der Waals surface area contributed by atoms with E-state index in [1.54, 1.807) is 0 Å². The van der Waals surface area contributed by atoms with Crippen molar-refractivity contribution >= 4 is 22.6 Å². The van der Waals surface area contributed by atoms with Crippen molar-refractivity contribution < 1.29 is 9.59 Å². The number of nitrogens with one attached hydrogen (secondary N) is 1. The summed E-state index contributed by atoms with van der Waals surface area (Å²) in [6.45, 7) is 5.29. The van der Waals surface area contributed by atoms with Crippen LogP contribution < -0.4 is 5.32 Å². The molecule has 1 N–H and O–H groups in total. The van der Waals surface area contributed by atoms with Gasteiger partial charge in [0.05, 0.1) is 0 Å². The first-order chi connectivity index (χ1) is 11.6. The molecule has 2 amide bonds. The van der Waals surface area contributed by atoms with Crippen LogP contribution in [0.2, 0.25) is 0 Å². The Labute approximate surface area is 142 Å². The van der Waals surface area contributed by atoms with E-state index in [0.29, 0.717) is 5.56 Å². The molecule has 0 unspecified atom stereocenters. The lowest BCUT2D eigenvalue weighted by molar-refractivity contribution is -0.135. The molecule has 0 aromatic heterocycles. The van der Waals surface area contributed by atoms with E-state index in [9.17, 15) is 9.59 Å². The average Bonchev–Trinajstić information content (AvgIpc) is 2.61. The SMILES string of the molecule is CC(C)C(=O)N1CCC(NC(=O)c2cccc3ccccc23)CC1. The second kappa shape index (κ2) is 7.04. The number of hydrogen-bond donors (Lipinski definition) is 1. The number of piperidine rings is 1. The molecular formula is C20H24N2O2. The highest BCUT2D eigenvalue weighted by Crippen LogP contribution is 2.19.